The van der Waals surface area contributed by atoms with Crippen molar-refractivity contribution in [2.75, 3.05) is 6.61 Å². The lowest BCUT2D eigenvalue weighted by molar-refractivity contribution is 0.0924. The van der Waals surface area contributed by atoms with Gasteiger partial charge in [0.1, 0.15) is 6.61 Å². The van der Waals surface area contributed by atoms with Gasteiger partial charge in [-0.1, -0.05) is 32.6 Å². The number of nitrogens with zero attached hydrogens (tertiary/aromatic N) is 1. The summed E-state index contributed by atoms with van der Waals surface area (Å²) in [5.74, 6) is 5.52. The summed E-state index contributed by atoms with van der Waals surface area (Å²) in [6.07, 6.45) is 3.98. The third-order valence-electron chi connectivity index (χ3n) is 2.87. The molecule has 1 aromatic heterocycles. The van der Waals surface area contributed by atoms with Gasteiger partial charge in [-0.25, -0.2) is 0 Å². The Bertz CT molecular complexity index is 486. The lowest BCUT2D eigenvalue weighted by atomic mass is 10.0. The van der Waals surface area contributed by atoms with Crippen LogP contribution in [0.3, 0.4) is 0 Å². The molecular weight excluding hydrogens is 240 g/mol. The molecule has 1 aromatic rings. The largest absolute Gasteiger partial charge is 0.384 e. The van der Waals surface area contributed by atoms with Crippen molar-refractivity contribution >= 4 is 5.91 Å². The highest BCUT2D eigenvalue weighted by atomic mass is 16.2. The number of carbonyl (C=O) groups is 1. The molecular formula is C15H20N2O2. The molecule has 1 rings (SSSR count). The van der Waals surface area contributed by atoms with Crippen LogP contribution < -0.4 is 5.32 Å². The summed E-state index contributed by atoms with van der Waals surface area (Å²) in [5.41, 5.74) is 1.11. The van der Waals surface area contributed by atoms with Gasteiger partial charge < -0.3 is 10.4 Å². The normalized spacial score (nSPS) is 11.6. The Morgan fingerprint density at radius 3 is 2.79 bits per heavy atom. The average molecular weight is 260 g/mol. The highest BCUT2D eigenvalue weighted by Crippen LogP contribution is 2.08. The van der Waals surface area contributed by atoms with Gasteiger partial charge >= 0.3 is 0 Å². The average Bonchev–Trinajstić information content (AvgIpc) is 2.42. The first-order valence-corrected chi connectivity index (χ1v) is 6.44. The summed E-state index contributed by atoms with van der Waals surface area (Å²) in [4.78, 5) is 16.1. The van der Waals surface area contributed by atoms with E-state index in [1.165, 1.54) is 6.20 Å². The van der Waals surface area contributed by atoms with E-state index in [2.05, 4.69) is 36.0 Å². The number of aliphatic hydroxyl groups is 1. The number of aromatic nitrogens is 1. The van der Waals surface area contributed by atoms with Gasteiger partial charge in [-0.3, -0.25) is 9.78 Å². The second kappa shape index (κ2) is 7.55. The zero-order valence-corrected chi connectivity index (χ0v) is 11.6. The van der Waals surface area contributed by atoms with Crippen LogP contribution in [-0.4, -0.2) is 28.6 Å². The Morgan fingerprint density at radius 2 is 2.21 bits per heavy atom. The van der Waals surface area contributed by atoms with E-state index in [9.17, 15) is 4.79 Å². The summed E-state index contributed by atoms with van der Waals surface area (Å²) in [5, 5.41) is 11.6. The number of amides is 1. The molecule has 0 radical (unpaired) electrons. The minimum atomic E-state index is -0.207. The van der Waals surface area contributed by atoms with Crippen LogP contribution in [0.5, 0.6) is 0 Å². The van der Waals surface area contributed by atoms with Crippen molar-refractivity contribution < 1.29 is 9.90 Å². The number of aliphatic hydroxyl groups excluding tert-OH is 1. The van der Waals surface area contributed by atoms with Crippen molar-refractivity contribution in [3.05, 3.63) is 29.6 Å². The van der Waals surface area contributed by atoms with E-state index in [0.717, 1.165) is 6.42 Å². The number of rotatable bonds is 4. The van der Waals surface area contributed by atoms with Crippen LogP contribution in [0, 0.1) is 17.8 Å². The van der Waals surface area contributed by atoms with Crippen LogP contribution in [0.4, 0.5) is 0 Å². The van der Waals surface area contributed by atoms with Crippen molar-refractivity contribution in [1.82, 2.24) is 10.3 Å². The zero-order valence-electron chi connectivity index (χ0n) is 11.6. The molecule has 0 spiro atoms. The van der Waals surface area contributed by atoms with Gasteiger partial charge in [0.05, 0.1) is 5.56 Å². The Balaban J connectivity index is 2.82. The van der Waals surface area contributed by atoms with Crippen LogP contribution in [0.15, 0.2) is 18.5 Å². The van der Waals surface area contributed by atoms with Gasteiger partial charge in [-0.15, -0.1) is 0 Å². The molecule has 0 fully saturated rings. The summed E-state index contributed by atoms with van der Waals surface area (Å²) >= 11 is 0. The smallest absolute Gasteiger partial charge is 0.253 e. The van der Waals surface area contributed by atoms with Crippen molar-refractivity contribution in [1.29, 1.82) is 0 Å². The van der Waals surface area contributed by atoms with E-state index >= 15 is 0 Å². The molecule has 102 valence electrons. The van der Waals surface area contributed by atoms with Gasteiger partial charge in [0.15, 0.2) is 0 Å². The maximum absolute atomic E-state index is 12.1. The van der Waals surface area contributed by atoms with E-state index in [1.807, 2.05) is 6.92 Å². The Hall–Kier alpha value is -1.86. The van der Waals surface area contributed by atoms with Gasteiger partial charge in [-0.2, -0.15) is 0 Å². The van der Waals surface area contributed by atoms with Crippen LogP contribution in [0.25, 0.3) is 0 Å². The predicted octanol–water partition coefficient (Wildman–Crippen LogP) is 1.59. The van der Waals surface area contributed by atoms with Crippen molar-refractivity contribution in [2.45, 2.75) is 33.2 Å². The van der Waals surface area contributed by atoms with Crippen LogP contribution in [0.2, 0.25) is 0 Å². The first-order chi connectivity index (χ1) is 9.08. The molecule has 0 saturated carbocycles. The molecule has 0 saturated heterocycles. The first-order valence-electron chi connectivity index (χ1n) is 6.44. The van der Waals surface area contributed by atoms with Crippen molar-refractivity contribution in [3.63, 3.8) is 0 Å². The Kier molecular flexibility index (Phi) is 6.04. The van der Waals surface area contributed by atoms with Crippen molar-refractivity contribution in [2.24, 2.45) is 5.92 Å². The Morgan fingerprint density at radius 1 is 1.47 bits per heavy atom. The molecule has 4 heteroatoms. The number of hydrogen-bond donors (Lipinski definition) is 2. The van der Waals surface area contributed by atoms with E-state index < -0.39 is 0 Å². The van der Waals surface area contributed by atoms with Gasteiger partial charge in [-0.05, 0) is 18.4 Å². The van der Waals surface area contributed by atoms with Crippen LogP contribution >= 0.6 is 0 Å². The van der Waals surface area contributed by atoms with E-state index in [1.54, 1.807) is 12.3 Å². The SMILES string of the molecule is CCC(NC(=O)c1cncc(C#CCO)c1)C(C)C. The summed E-state index contributed by atoms with van der Waals surface area (Å²) in [6, 6.07) is 1.83. The first kappa shape index (κ1) is 15.2. The Labute approximate surface area is 114 Å². The molecule has 1 heterocycles. The number of nitrogens with one attached hydrogen (secondary N) is 1. The monoisotopic (exact) mass is 260 g/mol. The molecule has 0 aromatic carbocycles. The lowest BCUT2D eigenvalue weighted by Gasteiger charge is -2.20. The fourth-order valence-corrected chi connectivity index (χ4v) is 1.77. The molecule has 4 nitrogen and oxygen atoms in total. The maximum atomic E-state index is 12.1. The maximum Gasteiger partial charge on any atom is 0.253 e. The molecule has 19 heavy (non-hydrogen) atoms. The number of carbonyl (C=O) groups excluding carboxylic acids is 1. The van der Waals surface area contributed by atoms with E-state index in [0.29, 0.717) is 17.0 Å². The fraction of sp³-hybridized carbons (Fsp3) is 0.467. The molecule has 1 amide bonds. The predicted molar refractivity (Wildman–Crippen MR) is 74.6 cm³/mol. The third kappa shape index (κ3) is 4.72. The topological polar surface area (TPSA) is 62.2 Å². The highest BCUT2D eigenvalue weighted by molar-refractivity contribution is 5.94. The quantitative estimate of drug-likeness (QED) is 0.808. The van der Waals surface area contributed by atoms with Gasteiger partial charge in [0.25, 0.3) is 5.91 Å². The van der Waals surface area contributed by atoms with E-state index in [-0.39, 0.29) is 18.6 Å². The van der Waals surface area contributed by atoms with E-state index in [4.69, 9.17) is 5.11 Å². The minimum Gasteiger partial charge on any atom is -0.384 e. The van der Waals surface area contributed by atoms with Gasteiger partial charge in [0, 0.05) is 24.0 Å². The molecule has 1 unspecified atom stereocenters. The molecule has 1 atom stereocenters. The summed E-state index contributed by atoms with van der Waals surface area (Å²) in [7, 11) is 0. The minimum absolute atomic E-state index is 0.138. The van der Waals surface area contributed by atoms with Crippen LogP contribution in [-0.2, 0) is 0 Å². The number of pyridine rings is 1. The zero-order chi connectivity index (χ0) is 14.3. The van der Waals surface area contributed by atoms with Crippen LogP contribution in [0.1, 0.15) is 43.1 Å². The third-order valence-corrected chi connectivity index (χ3v) is 2.87. The van der Waals surface area contributed by atoms with Gasteiger partial charge in [0.2, 0.25) is 0 Å². The van der Waals surface area contributed by atoms with Crippen molar-refractivity contribution in [3.8, 4) is 11.8 Å². The lowest BCUT2D eigenvalue weighted by Crippen LogP contribution is -2.38. The molecule has 0 aliphatic rings. The summed E-state index contributed by atoms with van der Waals surface area (Å²) in [6.45, 7) is 6.00. The molecule has 0 aliphatic carbocycles. The highest BCUT2D eigenvalue weighted by Gasteiger charge is 2.15. The fourth-order valence-electron chi connectivity index (χ4n) is 1.77. The molecule has 2 N–H and O–H groups in total. The number of hydrogen-bond acceptors (Lipinski definition) is 3. The summed E-state index contributed by atoms with van der Waals surface area (Å²) < 4.78 is 0. The second-order valence-electron chi connectivity index (χ2n) is 4.65. The standard InChI is InChI=1S/C15H20N2O2/c1-4-14(11(2)3)17-15(19)13-8-12(6-5-7-18)9-16-10-13/h8-11,14,18H,4,7H2,1-3H3,(H,17,19). The second-order valence-corrected chi connectivity index (χ2v) is 4.65. The molecule has 0 bridgehead atoms. The molecule has 0 aliphatic heterocycles.